The van der Waals surface area contributed by atoms with E-state index in [-0.39, 0.29) is 5.82 Å². The first-order valence-electron chi connectivity index (χ1n) is 5.78. The normalized spacial score (nSPS) is 24.1. The van der Waals surface area contributed by atoms with Gasteiger partial charge in [-0.2, -0.15) is 17.0 Å². The first kappa shape index (κ1) is 12.3. The summed E-state index contributed by atoms with van der Waals surface area (Å²) in [7, 11) is 0. The zero-order valence-corrected chi connectivity index (χ0v) is 10.6. The third-order valence-corrected chi connectivity index (χ3v) is 4.42. The number of nitrogens with zero attached hydrogens (tertiary/aromatic N) is 1. The summed E-state index contributed by atoms with van der Waals surface area (Å²) in [6.07, 6.45) is 2.25. The number of thioether (sulfide) groups is 1. The lowest BCUT2D eigenvalue weighted by molar-refractivity contribution is 0.596. The summed E-state index contributed by atoms with van der Waals surface area (Å²) in [5.41, 5.74) is 0.863. The highest BCUT2D eigenvalue weighted by Crippen LogP contribution is 2.28. The Bertz CT molecular complexity index is 442. The number of hydrogen-bond donors (Lipinski definition) is 1. The molecule has 2 unspecified atom stereocenters. The van der Waals surface area contributed by atoms with Gasteiger partial charge in [0.05, 0.1) is 17.3 Å². The van der Waals surface area contributed by atoms with E-state index in [1.54, 1.807) is 12.1 Å². The van der Waals surface area contributed by atoms with Crippen molar-refractivity contribution in [2.45, 2.75) is 31.1 Å². The number of rotatable bonds is 2. The van der Waals surface area contributed by atoms with Gasteiger partial charge in [0.1, 0.15) is 5.82 Å². The summed E-state index contributed by atoms with van der Waals surface area (Å²) in [5, 5.41) is 12.4. The van der Waals surface area contributed by atoms with Crippen LogP contribution in [0.4, 0.5) is 10.1 Å². The molecule has 0 spiro atoms. The van der Waals surface area contributed by atoms with Crippen molar-refractivity contribution >= 4 is 17.4 Å². The van der Waals surface area contributed by atoms with E-state index in [2.05, 4.69) is 12.2 Å². The van der Waals surface area contributed by atoms with Gasteiger partial charge in [-0.05, 0) is 36.8 Å². The summed E-state index contributed by atoms with van der Waals surface area (Å²) >= 11 is 1.92. The van der Waals surface area contributed by atoms with Gasteiger partial charge in [-0.1, -0.05) is 6.92 Å². The molecular weight excluding hydrogens is 235 g/mol. The molecule has 0 amide bonds. The molecule has 0 bridgehead atoms. The number of anilines is 1. The molecule has 17 heavy (non-hydrogen) atoms. The molecule has 0 aliphatic carbocycles. The van der Waals surface area contributed by atoms with Crippen LogP contribution < -0.4 is 5.32 Å². The second-order valence-corrected chi connectivity index (χ2v) is 5.76. The standard InChI is InChI=1S/C13H15FN2S/c1-9-12(3-2-6-17-9)16-13-5-4-10(8-15)7-11(13)14/h4-5,7,9,12,16H,2-3,6H2,1H3. The van der Waals surface area contributed by atoms with Crippen molar-refractivity contribution < 1.29 is 4.39 Å². The van der Waals surface area contributed by atoms with E-state index in [1.807, 2.05) is 17.8 Å². The second kappa shape index (κ2) is 5.42. The van der Waals surface area contributed by atoms with Crippen molar-refractivity contribution in [3.8, 4) is 6.07 Å². The molecule has 1 N–H and O–H groups in total. The number of benzene rings is 1. The lowest BCUT2D eigenvalue weighted by Crippen LogP contribution is -2.33. The summed E-state index contributed by atoms with van der Waals surface area (Å²) in [4.78, 5) is 0. The number of halogens is 1. The minimum Gasteiger partial charge on any atom is -0.379 e. The SMILES string of the molecule is CC1SCCCC1Nc1ccc(C#N)cc1F. The molecule has 2 nitrogen and oxygen atoms in total. The van der Waals surface area contributed by atoms with Crippen LogP contribution in [-0.4, -0.2) is 17.0 Å². The van der Waals surface area contributed by atoms with Crippen LogP contribution in [0.3, 0.4) is 0 Å². The molecule has 1 saturated heterocycles. The van der Waals surface area contributed by atoms with Gasteiger partial charge in [0.2, 0.25) is 0 Å². The maximum absolute atomic E-state index is 13.7. The molecule has 0 radical (unpaired) electrons. The topological polar surface area (TPSA) is 35.8 Å². The number of hydrogen-bond acceptors (Lipinski definition) is 3. The Labute approximate surface area is 105 Å². The Morgan fingerprint density at radius 1 is 1.53 bits per heavy atom. The molecule has 2 rings (SSSR count). The molecule has 90 valence electrons. The van der Waals surface area contributed by atoms with Crippen LogP contribution in [-0.2, 0) is 0 Å². The largest absolute Gasteiger partial charge is 0.379 e. The molecule has 0 aromatic heterocycles. The Balaban J connectivity index is 2.10. The molecule has 1 heterocycles. The van der Waals surface area contributed by atoms with Crippen molar-refractivity contribution in [1.29, 1.82) is 5.26 Å². The quantitative estimate of drug-likeness (QED) is 0.874. The lowest BCUT2D eigenvalue weighted by atomic mass is 10.1. The molecule has 1 aliphatic heterocycles. The van der Waals surface area contributed by atoms with Crippen LogP contribution in [0.2, 0.25) is 0 Å². The maximum Gasteiger partial charge on any atom is 0.147 e. The van der Waals surface area contributed by atoms with Crippen molar-refractivity contribution in [3.63, 3.8) is 0 Å². The van der Waals surface area contributed by atoms with E-state index in [4.69, 9.17) is 5.26 Å². The second-order valence-electron chi connectivity index (χ2n) is 4.28. The van der Waals surface area contributed by atoms with E-state index >= 15 is 0 Å². The van der Waals surface area contributed by atoms with E-state index in [1.165, 1.54) is 18.2 Å². The predicted octanol–water partition coefficient (Wildman–Crippen LogP) is 3.39. The van der Waals surface area contributed by atoms with Crippen molar-refractivity contribution in [2.24, 2.45) is 0 Å². The Morgan fingerprint density at radius 2 is 2.35 bits per heavy atom. The predicted molar refractivity (Wildman–Crippen MR) is 69.7 cm³/mol. The third kappa shape index (κ3) is 2.92. The maximum atomic E-state index is 13.7. The Hall–Kier alpha value is -1.21. The summed E-state index contributed by atoms with van der Waals surface area (Å²) in [6, 6.07) is 6.83. The number of nitrogens with one attached hydrogen (secondary N) is 1. The van der Waals surface area contributed by atoms with Gasteiger partial charge >= 0.3 is 0 Å². The molecule has 0 saturated carbocycles. The van der Waals surface area contributed by atoms with E-state index < -0.39 is 0 Å². The van der Waals surface area contributed by atoms with Gasteiger partial charge in [0, 0.05) is 11.3 Å². The van der Waals surface area contributed by atoms with Crippen LogP contribution in [0.25, 0.3) is 0 Å². The lowest BCUT2D eigenvalue weighted by Gasteiger charge is -2.30. The van der Waals surface area contributed by atoms with Crippen LogP contribution in [0.1, 0.15) is 25.3 Å². The average Bonchev–Trinajstić information content (AvgIpc) is 2.34. The van der Waals surface area contributed by atoms with Gasteiger partial charge in [-0.15, -0.1) is 0 Å². The monoisotopic (exact) mass is 250 g/mol. The van der Waals surface area contributed by atoms with Gasteiger partial charge in [-0.25, -0.2) is 4.39 Å². The fraction of sp³-hybridized carbons (Fsp3) is 0.462. The van der Waals surface area contributed by atoms with Crippen LogP contribution >= 0.6 is 11.8 Å². The summed E-state index contributed by atoms with van der Waals surface area (Å²) in [5.74, 6) is 0.849. The van der Waals surface area contributed by atoms with Gasteiger partial charge in [-0.3, -0.25) is 0 Å². The van der Waals surface area contributed by atoms with E-state index in [0.717, 1.165) is 6.42 Å². The Kier molecular flexibility index (Phi) is 3.90. The van der Waals surface area contributed by atoms with Crippen molar-refractivity contribution in [2.75, 3.05) is 11.1 Å². The molecule has 1 fully saturated rings. The molecule has 1 aromatic carbocycles. The van der Waals surface area contributed by atoms with Crippen molar-refractivity contribution in [1.82, 2.24) is 0 Å². The molecule has 4 heteroatoms. The molecule has 2 atom stereocenters. The van der Waals surface area contributed by atoms with E-state index in [0.29, 0.717) is 22.5 Å². The average molecular weight is 250 g/mol. The van der Waals surface area contributed by atoms with Gasteiger partial charge < -0.3 is 5.32 Å². The fourth-order valence-corrected chi connectivity index (χ4v) is 3.16. The smallest absolute Gasteiger partial charge is 0.147 e. The van der Waals surface area contributed by atoms with Crippen LogP contribution in [0.5, 0.6) is 0 Å². The molecular formula is C13H15FN2S. The summed E-state index contributed by atoms with van der Waals surface area (Å²) in [6.45, 7) is 2.17. The third-order valence-electron chi connectivity index (χ3n) is 3.05. The number of nitriles is 1. The first-order chi connectivity index (χ1) is 8.20. The van der Waals surface area contributed by atoms with Gasteiger partial charge in [0.25, 0.3) is 0 Å². The Morgan fingerprint density at radius 3 is 3.00 bits per heavy atom. The minimum atomic E-state index is -0.341. The molecule has 1 aliphatic rings. The zero-order valence-electron chi connectivity index (χ0n) is 9.74. The van der Waals surface area contributed by atoms with Crippen molar-refractivity contribution in [3.05, 3.63) is 29.6 Å². The van der Waals surface area contributed by atoms with Crippen LogP contribution in [0.15, 0.2) is 18.2 Å². The van der Waals surface area contributed by atoms with Gasteiger partial charge in [0.15, 0.2) is 0 Å². The van der Waals surface area contributed by atoms with E-state index in [9.17, 15) is 4.39 Å². The highest BCUT2D eigenvalue weighted by atomic mass is 32.2. The summed E-state index contributed by atoms with van der Waals surface area (Å²) < 4.78 is 13.7. The molecule has 1 aromatic rings. The highest BCUT2D eigenvalue weighted by Gasteiger charge is 2.22. The highest BCUT2D eigenvalue weighted by molar-refractivity contribution is 8.00. The zero-order chi connectivity index (χ0) is 12.3. The fourth-order valence-electron chi connectivity index (χ4n) is 2.01. The first-order valence-corrected chi connectivity index (χ1v) is 6.83. The van der Waals surface area contributed by atoms with Crippen LogP contribution in [0, 0.1) is 17.1 Å². The minimum absolute atomic E-state index is 0.316.